The number of amides is 1. The number of hydrogen-bond donors (Lipinski definition) is 3. The molecule has 40 heavy (non-hydrogen) atoms. The first-order chi connectivity index (χ1) is 19.6. The second-order valence-corrected chi connectivity index (χ2v) is 10.7. The number of aromatic amines is 1. The Labute approximate surface area is 240 Å². The largest absolute Gasteiger partial charge is 0.490 e. The van der Waals surface area contributed by atoms with Crippen molar-refractivity contribution >= 4 is 28.6 Å². The van der Waals surface area contributed by atoms with Gasteiger partial charge >= 0.3 is 6.09 Å². The second kappa shape index (κ2) is 13.4. The summed E-state index contributed by atoms with van der Waals surface area (Å²) in [5.41, 5.74) is 4.15. The molecule has 2 aliphatic rings. The van der Waals surface area contributed by atoms with Crippen molar-refractivity contribution in [1.82, 2.24) is 20.1 Å². The van der Waals surface area contributed by atoms with E-state index in [2.05, 4.69) is 27.0 Å². The number of aromatic nitrogens is 1. The summed E-state index contributed by atoms with van der Waals surface area (Å²) in [6.07, 6.45) is 2.46. The van der Waals surface area contributed by atoms with Gasteiger partial charge in [0.2, 0.25) is 0 Å². The highest BCUT2D eigenvalue weighted by Gasteiger charge is 2.35. The van der Waals surface area contributed by atoms with Crippen LogP contribution in [0.5, 0.6) is 5.75 Å². The van der Waals surface area contributed by atoms with Crippen LogP contribution in [0.2, 0.25) is 5.02 Å². The average molecular weight is 565 g/mol. The molecule has 3 heterocycles. The third-order valence-corrected chi connectivity index (χ3v) is 7.93. The molecule has 1 aromatic heterocycles. The van der Waals surface area contributed by atoms with Gasteiger partial charge in [0.1, 0.15) is 17.9 Å². The molecule has 3 aromatic rings. The molecule has 212 valence electrons. The Bertz CT molecular complexity index is 1360. The minimum Gasteiger partial charge on any atom is -0.490 e. The minimum atomic E-state index is -0.381. The van der Waals surface area contributed by atoms with Gasteiger partial charge in [0.05, 0.1) is 6.61 Å². The highest BCUT2D eigenvalue weighted by atomic mass is 35.5. The Hall–Kier alpha value is -3.22. The van der Waals surface area contributed by atoms with E-state index in [4.69, 9.17) is 26.2 Å². The number of carbonyl (C=O) groups excluding carboxylic acids is 1. The molecule has 1 amide bonds. The molecule has 3 N–H and O–H groups in total. The number of aliphatic hydroxyl groups is 1. The summed E-state index contributed by atoms with van der Waals surface area (Å²) in [6, 6.07) is 13.6. The second-order valence-electron chi connectivity index (χ2n) is 10.2. The van der Waals surface area contributed by atoms with Gasteiger partial charge < -0.3 is 29.8 Å². The lowest BCUT2D eigenvalue weighted by Crippen LogP contribution is -2.41. The standard InChI is InChI=1S/C31H37ClN4O4/c1-2-3-20-39-31(38)36-17-12-26-27-21-23(32)6-9-28(27)34-29(26)30(36)22-4-7-24(8-5-22)40-25-10-15-35(16-11-25)18-13-33-14-19-37/h4-9,21,25,30,33-34,37H,10-20H2,1H3/t30-/m0/s1. The van der Waals surface area contributed by atoms with Gasteiger partial charge in [0, 0.05) is 60.9 Å². The van der Waals surface area contributed by atoms with Crippen LogP contribution in [0.25, 0.3) is 10.9 Å². The molecule has 0 radical (unpaired) electrons. The van der Waals surface area contributed by atoms with Gasteiger partial charge in [0.25, 0.3) is 0 Å². The Morgan fingerprint density at radius 1 is 1.15 bits per heavy atom. The van der Waals surface area contributed by atoms with Gasteiger partial charge in [-0.25, -0.2) is 4.79 Å². The number of H-pyrrole nitrogens is 1. The number of nitrogens with one attached hydrogen (secondary N) is 2. The number of piperidine rings is 1. The predicted octanol–water partition coefficient (Wildman–Crippen LogP) is 4.35. The number of fused-ring (bicyclic) bond motifs is 3. The molecule has 2 aromatic carbocycles. The first kappa shape index (κ1) is 28.3. The minimum absolute atomic E-state index is 0.0679. The third kappa shape index (κ3) is 6.56. The lowest BCUT2D eigenvalue weighted by Gasteiger charge is -2.35. The van der Waals surface area contributed by atoms with Crippen molar-refractivity contribution in [2.75, 3.05) is 52.5 Å². The molecule has 1 atom stereocenters. The van der Waals surface area contributed by atoms with Crippen molar-refractivity contribution in [1.29, 1.82) is 0 Å². The average Bonchev–Trinajstić information content (AvgIpc) is 3.34. The summed E-state index contributed by atoms with van der Waals surface area (Å²) in [5, 5.41) is 13.9. The molecule has 1 fully saturated rings. The maximum atomic E-state index is 13.1. The monoisotopic (exact) mass is 564 g/mol. The fourth-order valence-electron chi connectivity index (χ4n) is 5.67. The van der Waals surface area contributed by atoms with Crippen LogP contribution in [0.3, 0.4) is 0 Å². The van der Waals surface area contributed by atoms with Gasteiger partial charge in [-0.05, 0) is 67.6 Å². The Morgan fingerprint density at radius 2 is 1.95 bits per heavy atom. The Morgan fingerprint density at radius 3 is 2.70 bits per heavy atom. The number of nitrogens with zero attached hydrogens (tertiary/aromatic N) is 2. The van der Waals surface area contributed by atoms with Crippen LogP contribution < -0.4 is 10.1 Å². The summed E-state index contributed by atoms with van der Waals surface area (Å²) >= 11 is 6.32. The molecule has 5 rings (SSSR count). The lowest BCUT2D eigenvalue weighted by atomic mass is 9.92. The van der Waals surface area contributed by atoms with Crippen LogP contribution in [0.15, 0.2) is 42.5 Å². The van der Waals surface area contributed by atoms with Crippen molar-refractivity contribution in [2.45, 2.75) is 38.3 Å². The van der Waals surface area contributed by atoms with Gasteiger partial charge in [-0.3, -0.25) is 4.90 Å². The maximum absolute atomic E-state index is 13.1. The number of carbonyl (C=O) groups is 1. The summed E-state index contributed by atoms with van der Waals surface area (Å²) in [4.78, 5) is 20.9. The molecule has 0 aliphatic carbocycles. The smallest absolute Gasteiger partial charge is 0.411 e. The van der Waals surface area contributed by atoms with Crippen LogP contribution in [0.1, 0.15) is 42.6 Å². The van der Waals surface area contributed by atoms with Crippen LogP contribution in [-0.2, 0) is 11.2 Å². The Balaban J connectivity index is 1.30. The molecule has 1 saturated heterocycles. The van der Waals surface area contributed by atoms with Crippen molar-refractivity contribution < 1.29 is 19.4 Å². The zero-order chi connectivity index (χ0) is 27.9. The first-order valence-electron chi connectivity index (χ1n) is 14.0. The summed E-state index contributed by atoms with van der Waals surface area (Å²) < 4.78 is 11.8. The number of rotatable bonds is 9. The van der Waals surface area contributed by atoms with Gasteiger partial charge in [-0.1, -0.05) is 29.7 Å². The van der Waals surface area contributed by atoms with E-state index in [1.165, 1.54) is 5.56 Å². The van der Waals surface area contributed by atoms with E-state index in [-0.39, 0.29) is 31.5 Å². The van der Waals surface area contributed by atoms with Gasteiger partial charge in [0.15, 0.2) is 6.61 Å². The Kier molecular flexibility index (Phi) is 9.50. The highest BCUT2D eigenvalue weighted by molar-refractivity contribution is 6.31. The van der Waals surface area contributed by atoms with Crippen LogP contribution >= 0.6 is 11.6 Å². The van der Waals surface area contributed by atoms with Crippen LogP contribution in [0, 0.1) is 11.8 Å². The van der Waals surface area contributed by atoms with Gasteiger partial charge in [-0.2, -0.15) is 0 Å². The lowest BCUT2D eigenvalue weighted by molar-refractivity contribution is 0.0988. The van der Waals surface area contributed by atoms with E-state index in [1.807, 2.05) is 42.5 Å². The first-order valence-corrected chi connectivity index (χ1v) is 14.4. The van der Waals surface area contributed by atoms with Crippen LogP contribution in [-0.4, -0.2) is 84.6 Å². The summed E-state index contributed by atoms with van der Waals surface area (Å²) in [7, 11) is 0. The number of likely N-dealkylation sites (tertiary alicyclic amines) is 1. The van der Waals surface area contributed by atoms with E-state index in [0.717, 1.165) is 66.9 Å². The van der Waals surface area contributed by atoms with Crippen molar-refractivity contribution in [3.05, 3.63) is 64.3 Å². The quantitative estimate of drug-likeness (QED) is 0.264. The van der Waals surface area contributed by atoms with E-state index in [1.54, 1.807) is 11.8 Å². The number of hydrogen-bond acceptors (Lipinski definition) is 6. The molecule has 0 bridgehead atoms. The van der Waals surface area contributed by atoms with E-state index in [0.29, 0.717) is 24.5 Å². The normalized spacial score (nSPS) is 17.8. The number of aliphatic hydroxyl groups excluding tert-OH is 1. The zero-order valence-corrected chi connectivity index (χ0v) is 23.7. The number of halogens is 1. The SMILES string of the molecule is CC#CCOC(=O)N1CCc2c([nH]c3ccc(Cl)cc23)[C@@H]1c1ccc(OC2CCN(CCNCCO)CC2)cc1. The number of benzene rings is 2. The number of ether oxygens (including phenoxy) is 2. The molecule has 2 aliphatic heterocycles. The summed E-state index contributed by atoms with van der Waals surface area (Å²) in [6.45, 7) is 7.00. The fraction of sp³-hybridized carbons (Fsp3) is 0.452. The third-order valence-electron chi connectivity index (χ3n) is 7.69. The van der Waals surface area contributed by atoms with E-state index in [9.17, 15) is 4.79 Å². The summed E-state index contributed by atoms with van der Waals surface area (Å²) in [5.74, 6) is 6.41. The molecular weight excluding hydrogens is 528 g/mol. The van der Waals surface area contributed by atoms with Crippen molar-refractivity contribution in [3.63, 3.8) is 0 Å². The van der Waals surface area contributed by atoms with Gasteiger partial charge in [-0.15, -0.1) is 5.92 Å². The molecule has 0 spiro atoms. The zero-order valence-electron chi connectivity index (χ0n) is 22.9. The van der Waals surface area contributed by atoms with Crippen LogP contribution in [0.4, 0.5) is 4.79 Å². The van der Waals surface area contributed by atoms with Crippen molar-refractivity contribution in [2.24, 2.45) is 0 Å². The molecule has 0 saturated carbocycles. The maximum Gasteiger partial charge on any atom is 0.411 e. The highest BCUT2D eigenvalue weighted by Crippen LogP contribution is 2.40. The predicted molar refractivity (Wildman–Crippen MR) is 157 cm³/mol. The topological polar surface area (TPSA) is 90.1 Å². The molecule has 8 nitrogen and oxygen atoms in total. The molecule has 0 unspecified atom stereocenters. The fourth-order valence-corrected chi connectivity index (χ4v) is 5.84. The van der Waals surface area contributed by atoms with E-state index >= 15 is 0 Å². The van der Waals surface area contributed by atoms with Crippen molar-refractivity contribution in [3.8, 4) is 17.6 Å². The molecule has 9 heteroatoms. The molecular formula is C31H37ClN4O4. The van der Waals surface area contributed by atoms with E-state index < -0.39 is 0 Å².